The summed E-state index contributed by atoms with van der Waals surface area (Å²) in [4.78, 5) is 7.76. The third kappa shape index (κ3) is 3.93. The first-order chi connectivity index (χ1) is 6.33. The molecule has 0 bridgehead atoms. The van der Waals surface area contributed by atoms with Gasteiger partial charge in [-0.15, -0.1) is 0 Å². The maximum Gasteiger partial charge on any atom is 0.115 e. The molecule has 1 aromatic rings. The zero-order valence-electron chi connectivity index (χ0n) is 7.22. The minimum atomic E-state index is -0.707. The Kier molecular flexibility index (Phi) is 4.31. The third-order valence-corrected chi connectivity index (χ3v) is 1.54. The molecule has 0 saturated carbocycles. The van der Waals surface area contributed by atoms with Gasteiger partial charge in [-0.1, -0.05) is 0 Å². The van der Waals surface area contributed by atoms with Crippen LogP contribution in [-0.2, 0) is 6.54 Å². The van der Waals surface area contributed by atoms with E-state index >= 15 is 0 Å². The van der Waals surface area contributed by atoms with Gasteiger partial charge in [-0.2, -0.15) is 0 Å². The Morgan fingerprint density at radius 2 is 2.38 bits per heavy atom. The van der Waals surface area contributed by atoms with E-state index in [0.717, 1.165) is 5.69 Å². The number of aromatic nitrogens is 2. The summed E-state index contributed by atoms with van der Waals surface area (Å²) in [5.41, 5.74) is 0.861. The summed E-state index contributed by atoms with van der Waals surface area (Å²) < 4.78 is 0. The van der Waals surface area contributed by atoms with E-state index < -0.39 is 6.10 Å². The number of hydrogen-bond donors (Lipinski definition) is 3. The highest BCUT2D eigenvalue weighted by molar-refractivity contribution is 4.96. The molecule has 0 aromatic carbocycles. The standard InChI is InChI=1S/C8H13N3O2/c12-5-8(13)4-10-3-7-1-2-9-6-11-7/h1-2,6,8,10,12-13H,3-5H2. The number of aliphatic hydroxyl groups excluding tert-OH is 2. The number of nitrogens with zero attached hydrogens (tertiary/aromatic N) is 2. The smallest absolute Gasteiger partial charge is 0.115 e. The molecule has 3 N–H and O–H groups in total. The highest BCUT2D eigenvalue weighted by atomic mass is 16.3. The van der Waals surface area contributed by atoms with Crippen molar-refractivity contribution in [2.45, 2.75) is 12.6 Å². The summed E-state index contributed by atoms with van der Waals surface area (Å²) >= 11 is 0. The fourth-order valence-electron chi connectivity index (χ4n) is 0.854. The molecular weight excluding hydrogens is 170 g/mol. The van der Waals surface area contributed by atoms with Gasteiger partial charge < -0.3 is 15.5 Å². The van der Waals surface area contributed by atoms with Crippen LogP contribution in [0.25, 0.3) is 0 Å². The number of aliphatic hydroxyl groups is 2. The van der Waals surface area contributed by atoms with E-state index in [4.69, 9.17) is 10.2 Å². The average molecular weight is 183 g/mol. The molecule has 0 saturated heterocycles. The lowest BCUT2D eigenvalue weighted by molar-refractivity contribution is 0.0941. The second-order valence-electron chi connectivity index (χ2n) is 2.67. The van der Waals surface area contributed by atoms with Gasteiger partial charge in [0.1, 0.15) is 6.33 Å². The zero-order chi connectivity index (χ0) is 9.52. The molecule has 1 aromatic heterocycles. The third-order valence-electron chi connectivity index (χ3n) is 1.54. The Hall–Kier alpha value is -1.04. The van der Waals surface area contributed by atoms with Crippen LogP contribution >= 0.6 is 0 Å². The molecule has 0 spiro atoms. The summed E-state index contributed by atoms with van der Waals surface area (Å²) in [5.74, 6) is 0. The molecule has 0 amide bonds. The minimum absolute atomic E-state index is 0.225. The first-order valence-electron chi connectivity index (χ1n) is 4.07. The van der Waals surface area contributed by atoms with E-state index in [9.17, 15) is 0 Å². The van der Waals surface area contributed by atoms with Gasteiger partial charge in [0.05, 0.1) is 18.4 Å². The largest absolute Gasteiger partial charge is 0.394 e. The van der Waals surface area contributed by atoms with Crippen molar-refractivity contribution in [2.75, 3.05) is 13.2 Å². The molecule has 0 aliphatic heterocycles. The summed E-state index contributed by atoms with van der Waals surface area (Å²) in [6.45, 7) is 0.705. The van der Waals surface area contributed by atoms with Crippen molar-refractivity contribution >= 4 is 0 Å². The van der Waals surface area contributed by atoms with E-state index in [1.807, 2.05) is 0 Å². The Labute approximate surface area is 76.5 Å². The Morgan fingerprint density at radius 1 is 1.54 bits per heavy atom. The molecule has 0 aliphatic carbocycles. The molecule has 0 aliphatic rings. The van der Waals surface area contributed by atoms with Crippen molar-refractivity contribution in [1.82, 2.24) is 15.3 Å². The van der Waals surface area contributed by atoms with Crippen molar-refractivity contribution in [3.05, 3.63) is 24.3 Å². The Balaban J connectivity index is 2.20. The lowest BCUT2D eigenvalue weighted by Gasteiger charge is -2.07. The lowest BCUT2D eigenvalue weighted by atomic mass is 10.3. The summed E-state index contributed by atoms with van der Waals surface area (Å²) in [5, 5.41) is 20.5. The maximum atomic E-state index is 8.99. The van der Waals surface area contributed by atoms with Crippen molar-refractivity contribution in [1.29, 1.82) is 0 Å². The van der Waals surface area contributed by atoms with Crippen LogP contribution in [0.5, 0.6) is 0 Å². The van der Waals surface area contributed by atoms with Crippen LogP contribution in [0.4, 0.5) is 0 Å². The van der Waals surface area contributed by atoms with Gasteiger partial charge in [-0.25, -0.2) is 9.97 Å². The van der Waals surface area contributed by atoms with Gasteiger partial charge in [0.25, 0.3) is 0 Å². The Morgan fingerprint density at radius 3 is 3.00 bits per heavy atom. The molecule has 1 heterocycles. The van der Waals surface area contributed by atoms with E-state index in [1.54, 1.807) is 12.3 Å². The average Bonchev–Trinajstić information content (AvgIpc) is 2.19. The summed E-state index contributed by atoms with van der Waals surface area (Å²) in [7, 11) is 0. The molecule has 0 fully saturated rings. The van der Waals surface area contributed by atoms with Crippen molar-refractivity contribution in [2.24, 2.45) is 0 Å². The van der Waals surface area contributed by atoms with Crippen LogP contribution in [-0.4, -0.2) is 39.4 Å². The topological polar surface area (TPSA) is 78.3 Å². The fraction of sp³-hybridized carbons (Fsp3) is 0.500. The lowest BCUT2D eigenvalue weighted by Crippen LogP contribution is -2.29. The van der Waals surface area contributed by atoms with Crippen LogP contribution in [0.1, 0.15) is 5.69 Å². The number of hydrogen-bond acceptors (Lipinski definition) is 5. The fourth-order valence-corrected chi connectivity index (χ4v) is 0.854. The van der Waals surface area contributed by atoms with Crippen LogP contribution in [0.3, 0.4) is 0 Å². The summed E-state index contributed by atoms with van der Waals surface area (Å²) in [6, 6.07) is 1.79. The van der Waals surface area contributed by atoms with Crippen molar-refractivity contribution in [3.8, 4) is 0 Å². The van der Waals surface area contributed by atoms with Crippen LogP contribution in [0, 0.1) is 0 Å². The van der Waals surface area contributed by atoms with Gasteiger partial charge >= 0.3 is 0 Å². The predicted octanol–water partition coefficient (Wildman–Crippen LogP) is -1.08. The highest BCUT2D eigenvalue weighted by Gasteiger charge is 2.00. The first kappa shape index (κ1) is 10.0. The molecule has 1 atom stereocenters. The van der Waals surface area contributed by atoms with Gasteiger partial charge in [0.15, 0.2) is 0 Å². The van der Waals surface area contributed by atoms with E-state index in [1.165, 1.54) is 6.33 Å². The summed E-state index contributed by atoms with van der Waals surface area (Å²) in [6.07, 6.45) is 2.42. The highest BCUT2D eigenvalue weighted by Crippen LogP contribution is 1.89. The molecule has 1 unspecified atom stereocenters. The van der Waals surface area contributed by atoms with E-state index in [2.05, 4.69) is 15.3 Å². The monoisotopic (exact) mass is 183 g/mol. The van der Waals surface area contributed by atoms with Crippen LogP contribution < -0.4 is 5.32 Å². The SMILES string of the molecule is OCC(O)CNCc1ccncn1. The molecule has 0 radical (unpaired) electrons. The minimum Gasteiger partial charge on any atom is -0.394 e. The van der Waals surface area contributed by atoms with Crippen molar-refractivity contribution in [3.63, 3.8) is 0 Å². The van der Waals surface area contributed by atoms with Crippen LogP contribution in [0.2, 0.25) is 0 Å². The normalized spacial score (nSPS) is 12.8. The number of rotatable bonds is 5. The molecule has 5 nitrogen and oxygen atoms in total. The van der Waals surface area contributed by atoms with E-state index in [-0.39, 0.29) is 6.61 Å². The molecule has 13 heavy (non-hydrogen) atoms. The molecular formula is C8H13N3O2. The number of nitrogens with one attached hydrogen (secondary N) is 1. The van der Waals surface area contributed by atoms with Gasteiger partial charge in [0, 0.05) is 19.3 Å². The quantitative estimate of drug-likeness (QED) is 0.541. The van der Waals surface area contributed by atoms with Gasteiger partial charge in [-0.05, 0) is 6.07 Å². The van der Waals surface area contributed by atoms with E-state index in [0.29, 0.717) is 13.1 Å². The van der Waals surface area contributed by atoms with Gasteiger partial charge in [-0.3, -0.25) is 0 Å². The van der Waals surface area contributed by atoms with Crippen molar-refractivity contribution < 1.29 is 10.2 Å². The maximum absolute atomic E-state index is 8.99. The predicted molar refractivity (Wildman–Crippen MR) is 46.8 cm³/mol. The van der Waals surface area contributed by atoms with Crippen LogP contribution in [0.15, 0.2) is 18.6 Å². The molecule has 1 rings (SSSR count). The molecule has 5 heteroatoms. The Bertz CT molecular complexity index is 230. The second-order valence-corrected chi connectivity index (χ2v) is 2.67. The first-order valence-corrected chi connectivity index (χ1v) is 4.07. The molecule has 72 valence electrons. The second kappa shape index (κ2) is 5.58. The van der Waals surface area contributed by atoms with Gasteiger partial charge in [0.2, 0.25) is 0 Å². The zero-order valence-corrected chi connectivity index (χ0v) is 7.22.